The molecule has 1 aliphatic carbocycles. The SMILES string of the molecule is CCOc1c(CC(N)=O)cc([C@@](O)(CNC(=O)c2cc(Cl)c3nc(C4CC4)oc3c2)c2ccccc2)nc1-c1cc(Cl)c(F)cc1F. The van der Waals surface area contributed by atoms with Crippen molar-refractivity contribution in [2.75, 3.05) is 13.2 Å². The van der Waals surface area contributed by atoms with Crippen LogP contribution in [0, 0.1) is 11.6 Å². The summed E-state index contributed by atoms with van der Waals surface area (Å²) in [6.45, 7) is 1.33. The Morgan fingerprint density at radius 1 is 1.06 bits per heavy atom. The van der Waals surface area contributed by atoms with Crippen LogP contribution in [0.15, 0.2) is 65.1 Å². The number of aliphatic hydroxyl groups is 1. The molecule has 4 N–H and O–H groups in total. The topological polar surface area (TPSA) is 141 Å². The van der Waals surface area contributed by atoms with Crippen LogP contribution in [-0.2, 0) is 16.8 Å². The number of carbonyl (C=O) groups excluding carboxylic acids is 2. The highest BCUT2D eigenvalue weighted by molar-refractivity contribution is 6.35. The van der Waals surface area contributed by atoms with Gasteiger partial charge in [-0.3, -0.25) is 9.59 Å². The number of nitrogens with one attached hydrogen (secondary N) is 1. The van der Waals surface area contributed by atoms with E-state index in [1.807, 2.05) is 0 Å². The van der Waals surface area contributed by atoms with E-state index in [-0.39, 0.29) is 62.8 Å². The third-order valence-electron chi connectivity index (χ3n) is 7.80. The molecule has 6 rings (SSSR count). The third-order valence-corrected chi connectivity index (χ3v) is 8.38. The molecular weight excluding hydrogens is 653 g/mol. The van der Waals surface area contributed by atoms with Gasteiger partial charge in [0.2, 0.25) is 5.91 Å². The monoisotopic (exact) mass is 680 g/mol. The van der Waals surface area contributed by atoms with E-state index in [4.69, 9.17) is 38.1 Å². The predicted molar refractivity (Wildman–Crippen MR) is 171 cm³/mol. The summed E-state index contributed by atoms with van der Waals surface area (Å²) in [5, 5.41) is 15.0. The fourth-order valence-corrected chi connectivity index (χ4v) is 5.73. The van der Waals surface area contributed by atoms with Crippen LogP contribution >= 0.6 is 23.2 Å². The second-order valence-electron chi connectivity index (χ2n) is 11.2. The second kappa shape index (κ2) is 12.9. The van der Waals surface area contributed by atoms with Gasteiger partial charge in [-0.25, -0.2) is 18.7 Å². The van der Waals surface area contributed by atoms with Crippen molar-refractivity contribution in [1.29, 1.82) is 0 Å². The molecule has 0 spiro atoms. The van der Waals surface area contributed by atoms with Gasteiger partial charge in [-0.2, -0.15) is 0 Å². The smallest absolute Gasteiger partial charge is 0.251 e. The molecule has 1 saturated carbocycles. The number of nitrogens with two attached hydrogens (primary N) is 1. The number of oxazole rings is 1. The lowest BCUT2D eigenvalue weighted by molar-refractivity contribution is -0.117. The summed E-state index contributed by atoms with van der Waals surface area (Å²) in [4.78, 5) is 34.7. The van der Waals surface area contributed by atoms with Crippen molar-refractivity contribution in [3.63, 3.8) is 0 Å². The molecule has 2 amide bonds. The van der Waals surface area contributed by atoms with E-state index >= 15 is 4.39 Å². The molecule has 0 saturated heterocycles. The number of rotatable bonds is 11. The number of carbonyl (C=O) groups is 2. The van der Waals surface area contributed by atoms with Gasteiger partial charge in [0.1, 0.15) is 34.2 Å². The molecule has 13 heteroatoms. The lowest BCUT2D eigenvalue weighted by atomic mass is 9.87. The number of hydrogen-bond donors (Lipinski definition) is 3. The van der Waals surface area contributed by atoms with Gasteiger partial charge in [0, 0.05) is 28.7 Å². The standard InChI is InChI=1S/C34H28Cl2F2N4O5/c1-2-46-31-18(13-28(39)43)12-27(41-29(31)21-14-22(35)25(38)15-24(21)37)34(45,20-6-4-3-5-7-20)16-40-32(44)19-10-23(36)30-26(11-19)47-33(42-30)17-8-9-17/h3-7,10-12,14-15,17,45H,2,8-9,13,16H2,1H3,(H2,39,43)(H,40,44)/t34-/m1/s1. The van der Waals surface area contributed by atoms with Crippen molar-refractivity contribution in [2.24, 2.45) is 5.73 Å². The van der Waals surface area contributed by atoms with Crippen molar-refractivity contribution in [3.05, 3.63) is 111 Å². The molecule has 2 aromatic heterocycles. The van der Waals surface area contributed by atoms with Crippen molar-refractivity contribution >= 4 is 46.1 Å². The molecule has 0 unspecified atom stereocenters. The third kappa shape index (κ3) is 6.51. The van der Waals surface area contributed by atoms with E-state index in [1.165, 1.54) is 18.2 Å². The minimum atomic E-state index is -2.05. The van der Waals surface area contributed by atoms with Crippen LogP contribution in [0.5, 0.6) is 5.75 Å². The fraction of sp³-hybridized carbons (Fsp3) is 0.235. The number of benzene rings is 3. The molecule has 2 heterocycles. The Bertz CT molecular complexity index is 2020. The van der Waals surface area contributed by atoms with Gasteiger partial charge < -0.3 is 25.3 Å². The molecule has 1 aliphatic rings. The van der Waals surface area contributed by atoms with Gasteiger partial charge in [0.15, 0.2) is 11.5 Å². The van der Waals surface area contributed by atoms with Crippen LogP contribution in [0.4, 0.5) is 8.78 Å². The average Bonchev–Trinajstić information content (AvgIpc) is 3.80. The largest absolute Gasteiger partial charge is 0.491 e. The maximum Gasteiger partial charge on any atom is 0.251 e. The molecule has 5 aromatic rings. The van der Waals surface area contributed by atoms with Crippen LogP contribution in [0.2, 0.25) is 10.0 Å². The maximum atomic E-state index is 15.3. The Morgan fingerprint density at radius 2 is 1.81 bits per heavy atom. The summed E-state index contributed by atoms with van der Waals surface area (Å²) in [6, 6.07) is 14.3. The Morgan fingerprint density at radius 3 is 2.49 bits per heavy atom. The molecule has 0 aliphatic heterocycles. The zero-order chi connectivity index (χ0) is 33.5. The quantitative estimate of drug-likeness (QED) is 0.136. The first kappa shape index (κ1) is 32.4. The van der Waals surface area contributed by atoms with Crippen molar-refractivity contribution in [1.82, 2.24) is 15.3 Å². The maximum absolute atomic E-state index is 15.3. The summed E-state index contributed by atoms with van der Waals surface area (Å²) in [5.74, 6) is -2.53. The Balaban J connectivity index is 1.45. The number of primary amides is 1. The lowest BCUT2D eigenvalue weighted by Crippen LogP contribution is -2.42. The van der Waals surface area contributed by atoms with Gasteiger partial charge in [0.25, 0.3) is 5.91 Å². The summed E-state index contributed by atoms with van der Waals surface area (Å²) in [6.07, 6.45) is 1.57. The highest BCUT2D eigenvalue weighted by Gasteiger charge is 2.37. The first-order valence-electron chi connectivity index (χ1n) is 14.7. The van der Waals surface area contributed by atoms with Gasteiger partial charge in [-0.05, 0) is 49.6 Å². The normalized spacial score (nSPS) is 14.2. The molecule has 47 heavy (non-hydrogen) atoms. The minimum Gasteiger partial charge on any atom is -0.491 e. The second-order valence-corrected chi connectivity index (χ2v) is 12.0. The first-order valence-corrected chi connectivity index (χ1v) is 15.5. The van der Waals surface area contributed by atoms with E-state index in [9.17, 15) is 19.1 Å². The lowest BCUT2D eigenvalue weighted by Gasteiger charge is -2.30. The molecule has 0 radical (unpaired) electrons. The molecule has 3 aromatic carbocycles. The molecule has 242 valence electrons. The van der Waals surface area contributed by atoms with Gasteiger partial charge >= 0.3 is 0 Å². The number of amides is 2. The Kier molecular flexibility index (Phi) is 8.88. The van der Waals surface area contributed by atoms with E-state index in [0.717, 1.165) is 18.9 Å². The summed E-state index contributed by atoms with van der Waals surface area (Å²) < 4.78 is 41.1. The summed E-state index contributed by atoms with van der Waals surface area (Å²) in [7, 11) is 0. The van der Waals surface area contributed by atoms with Crippen LogP contribution in [0.3, 0.4) is 0 Å². The zero-order valence-electron chi connectivity index (χ0n) is 25.0. The number of ether oxygens (including phenoxy) is 1. The van der Waals surface area contributed by atoms with E-state index in [1.54, 1.807) is 37.3 Å². The minimum absolute atomic E-state index is 0.00311. The van der Waals surface area contributed by atoms with Crippen LogP contribution in [0.1, 0.15) is 58.8 Å². The van der Waals surface area contributed by atoms with Gasteiger partial charge in [-0.1, -0.05) is 53.5 Å². The van der Waals surface area contributed by atoms with E-state index in [2.05, 4.69) is 15.3 Å². The zero-order valence-corrected chi connectivity index (χ0v) is 26.5. The average molecular weight is 682 g/mol. The van der Waals surface area contributed by atoms with Crippen molar-refractivity contribution in [2.45, 2.75) is 37.7 Å². The summed E-state index contributed by atoms with van der Waals surface area (Å²) >= 11 is 12.5. The summed E-state index contributed by atoms with van der Waals surface area (Å²) in [5.41, 5.74) is 4.47. The number of halogens is 4. The number of aromatic nitrogens is 2. The van der Waals surface area contributed by atoms with Crippen molar-refractivity contribution < 1.29 is 32.6 Å². The number of nitrogens with zero attached hydrogens (tertiary/aromatic N) is 2. The van der Waals surface area contributed by atoms with Gasteiger partial charge in [-0.15, -0.1) is 0 Å². The van der Waals surface area contributed by atoms with Gasteiger partial charge in [0.05, 0.1) is 35.3 Å². The highest BCUT2D eigenvalue weighted by atomic mass is 35.5. The van der Waals surface area contributed by atoms with Crippen LogP contribution in [-0.4, -0.2) is 40.0 Å². The Hall–Kier alpha value is -4.58. The Labute approximate surface area is 277 Å². The van der Waals surface area contributed by atoms with E-state index < -0.39 is 35.6 Å². The predicted octanol–water partition coefficient (Wildman–Crippen LogP) is 6.44. The fourth-order valence-electron chi connectivity index (χ4n) is 5.32. The van der Waals surface area contributed by atoms with Crippen LogP contribution in [0.25, 0.3) is 22.4 Å². The number of fused-ring (bicyclic) bond motifs is 1. The number of pyridine rings is 1. The molecule has 0 bridgehead atoms. The molecule has 9 nitrogen and oxygen atoms in total. The molecular formula is C34H28Cl2F2N4O5. The van der Waals surface area contributed by atoms with E-state index in [0.29, 0.717) is 28.6 Å². The highest BCUT2D eigenvalue weighted by Crippen LogP contribution is 2.42. The number of hydrogen-bond acceptors (Lipinski definition) is 7. The van der Waals surface area contributed by atoms with Crippen LogP contribution < -0.4 is 15.8 Å². The molecule has 1 atom stereocenters. The van der Waals surface area contributed by atoms with Crippen molar-refractivity contribution in [3.8, 4) is 17.0 Å². The molecule has 1 fully saturated rings. The first-order chi connectivity index (χ1) is 22.5.